The van der Waals surface area contributed by atoms with Gasteiger partial charge in [-0.1, -0.05) is 17.7 Å². The number of anilines is 2. The molecular weight excluding hydrogens is 335 g/mol. The second-order valence-corrected chi connectivity index (χ2v) is 5.40. The van der Waals surface area contributed by atoms with Crippen LogP contribution in [0, 0.1) is 12.7 Å². The van der Waals surface area contributed by atoms with Gasteiger partial charge in [-0.05, 0) is 42.8 Å². The second kappa shape index (κ2) is 7.79. The number of methoxy groups -OCH3 is 1. The van der Waals surface area contributed by atoms with Gasteiger partial charge in [-0.3, -0.25) is 4.79 Å². The van der Waals surface area contributed by atoms with Crippen molar-refractivity contribution in [1.29, 1.82) is 0 Å². The fourth-order valence-electron chi connectivity index (χ4n) is 2.12. The highest BCUT2D eigenvalue weighted by Crippen LogP contribution is 2.23. The standard InChI is InChI=1S/C17H16ClFN2O3/c1-10-12(17(23)24-2)4-3-5-14(10)20-9-16(22)21-15-7-6-11(19)8-13(15)18/h3-8,20H,9H2,1-2H3,(H,21,22). The Morgan fingerprint density at radius 1 is 1.21 bits per heavy atom. The van der Waals surface area contributed by atoms with E-state index in [9.17, 15) is 14.0 Å². The molecule has 0 aromatic heterocycles. The van der Waals surface area contributed by atoms with E-state index in [0.29, 0.717) is 22.5 Å². The summed E-state index contributed by atoms with van der Waals surface area (Å²) in [6, 6.07) is 8.80. The largest absolute Gasteiger partial charge is 0.465 e. The molecule has 2 aromatic rings. The van der Waals surface area contributed by atoms with E-state index >= 15 is 0 Å². The number of nitrogens with one attached hydrogen (secondary N) is 2. The van der Waals surface area contributed by atoms with Crippen LogP contribution in [0.15, 0.2) is 36.4 Å². The maximum Gasteiger partial charge on any atom is 0.338 e. The lowest BCUT2D eigenvalue weighted by atomic mass is 10.1. The van der Waals surface area contributed by atoms with Crippen LogP contribution in [-0.4, -0.2) is 25.5 Å². The van der Waals surface area contributed by atoms with Gasteiger partial charge in [-0.2, -0.15) is 0 Å². The van der Waals surface area contributed by atoms with Crippen LogP contribution in [-0.2, 0) is 9.53 Å². The van der Waals surface area contributed by atoms with E-state index in [1.54, 1.807) is 25.1 Å². The summed E-state index contributed by atoms with van der Waals surface area (Å²) in [4.78, 5) is 23.6. The molecule has 0 aliphatic carbocycles. The van der Waals surface area contributed by atoms with Gasteiger partial charge in [-0.15, -0.1) is 0 Å². The third-order valence-electron chi connectivity index (χ3n) is 3.38. The maximum absolute atomic E-state index is 13.0. The highest BCUT2D eigenvalue weighted by Gasteiger charge is 2.13. The van der Waals surface area contributed by atoms with Crippen LogP contribution in [0.5, 0.6) is 0 Å². The van der Waals surface area contributed by atoms with Crippen LogP contribution in [0.1, 0.15) is 15.9 Å². The average molecular weight is 351 g/mol. The summed E-state index contributed by atoms with van der Waals surface area (Å²) in [5.74, 6) is -1.28. The van der Waals surface area contributed by atoms with E-state index in [4.69, 9.17) is 16.3 Å². The first-order chi connectivity index (χ1) is 11.4. The minimum atomic E-state index is -0.480. The summed E-state index contributed by atoms with van der Waals surface area (Å²) >= 11 is 5.86. The zero-order chi connectivity index (χ0) is 17.7. The van der Waals surface area contributed by atoms with Crippen LogP contribution in [0.2, 0.25) is 5.02 Å². The first-order valence-corrected chi connectivity index (χ1v) is 7.47. The van der Waals surface area contributed by atoms with Crippen molar-refractivity contribution >= 4 is 34.9 Å². The van der Waals surface area contributed by atoms with Gasteiger partial charge in [0.15, 0.2) is 0 Å². The number of amides is 1. The van der Waals surface area contributed by atoms with E-state index in [1.165, 1.54) is 19.2 Å². The van der Waals surface area contributed by atoms with Crippen LogP contribution in [0.25, 0.3) is 0 Å². The number of carbonyl (C=O) groups excluding carboxylic acids is 2. The van der Waals surface area contributed by atoms with Gasteiger partial charge >= 0.3 is 5.97 Å². The lowest BCUT2D eigenvalue weighted by Crippen LogP contribution is -2.22. The van der Waals surface area contributed by atoms with Crippen LogP contribution in [0.4, 0.5) is 15.8 Å². The SMILES string of the molecule is COC(=O)c1cccc(NCC(=O)Nc2ccc(F)cc2Cl)c1C. The molecular formula is C17H16ClFN2O3. The van der Waals surface area contributed by atoms with Crippen molar-refractivity contribution in [3.63, 3.8) is 0 Å². The van der Waals surface area contributed by atoms with Crippen molar-refractivity contribution in [2.24, 2.45) is 0 Å². The minimum Gasteiger partial charge on any atom is -0.465 e. The summed E-state index contributed by atoms with van der Waals surface area (Å²) in [5, 5.41) is 5.65. The molecule has 1 amide bonds. The van der Waals surface area contributed by atoms with E-state index in [-0.39, 0.29) is 17.5 Å². The zero-order valence-electron chi connectivity index (χ0n) is 13.2. The molecule has 0 spiro atoms. The molecule has 0 heterocycles. The molecule has 0 aliphatic heterocycles. The molecule has 5 nitrogen and oxygen atoms in total. The van der Waals surface area contributed by atoms with Crippen LogP contribution >= 0.6 is 11.6 Å². The molecule has 2 aromatic carbocycles. The first-order valence-electron chi connectivity index (χ1n) is 7.09. The predicted octanol–water partition coefficient (Wildman–Crippen LogP) is 3.62. The van der Waals surface area contributed by atoms with Crippen molar-refractivity contribution in [3.8, 4) is 0 Å². The monoisotopic (exact) mass is 350 g/mol. The quantitative estimate of drug-likeness (QED) is 0.808. The number of esters is 1. The molecule has 24 heavy (non-hydrogen) atoms. The molecule has 0 bridgehead atoms. The van der Waals surface area contributed by atoms with E-state index in [2.05, 4.69) is 10.6 Å². The Labute approximate surface area is 143 Å². The lowest BCUT2D eigenvalue weighted by Gasteiger charge is -2.13. The van der Waals surface area contributed by atoms with Gasteiger partial charge in [0.05, 0.1) is 29.9 Å². The van der Waals surface area contributed by atoms with Crippen molar-refractivity contribution in [2.75, 3.05) is 24.3 Å². The fourth-order valence-corrected chi connectivity index (χ4v) is 2.33. The van der Waals surface area contributed by atoms with E-state index in [0.717, 1.165) is 6.07 Å². The summed E-state index contributed by atoms with van der Waals surface area (Å²) < 4.78 is 17.7. The normalized spacial score (nSPS) is 10.2. The number of carbonyl (C=O) groups is 2. The summed E-state index contributed by atoms with van der Waals surface area (Å²) in [6.07, 6.45) is 0. The number of hydrogen-bond donors (Lipinski definition) is 2. The van der Waals surface area contributed by atoms with Gasteiger partial charge in [0.25, 0.3) is 0 Å². The molecule has 126 valence electrons. The summed E-state index contributed by atoms with van der Waals surface area (Å²) in [5.41, 5.74) is 2.06. The Balaban J connectivity index is 2.03. The first kappa shape index (κ1) is 17.7. The Hall–Kier alpha value is -2.60. The van der Waals surface area contributed by atoms with Crippen LogP contribution in [0.3, 0.4) is 0 Å². The van der Waals surface area contributed by atoms with Gasteiger partial charge in [0, 0.05) is 5.69 Å². The van der Waals surface area contributed by atoms with Crippen molar-refractivity contribution in [3.05, 3.63) is 58.4 Å². The van der Waals surface area contributed by atoms with Crippen molar-refractivity contribution in [2.45, 2.75) is 6.92 Å². The minimum absolute atomic E-state index is 0.0425. The zero-order valence-corrected chi connectivity index (χ0v) is 13.9. The smallest absolute Gasteiger partial charge is 0.338 e. The predicted molar refractivity (Wildman–Crippen MR) is 91.0 cm³/mol. The van der Waals surface area contributed by atoms with Crippen molar-refractivity contribution < 1.29 is 18.7 Å². The molecule has 0 saturated carbocycles. The van der Waals surface area contributed by atoms with Gasteiger partial charge < -0.3 is 15.4 Å². The molecule has 0 atom stereocenters. The second-order valence-electron chi connectivity index (χ2n) is 5.00. The number of ether oxygens (including phenoxy) is 1. The lowest BCUT2D eigenvalue weighted by molar-refractivity contribution is -0.114. The topological polar surface area (TPSA) is 67.4 Å². The number of halogens is 2. The number of hydrogen-bond acceptors (Lipinski definition) is 4. The fraction of sp³-hybridized carbons (Fsp3) is 0.176. The molecule has 0 fully saturated rings. The molecule has 0 saturated heterocycles. The number of rotatable bonds is 5. The van der Waals surface area contributed by atoms with E-state index in [1.807, 2.05) is 0 Å². The van der Waals surface area contributed by atoms with Crippen molar-refractivity contribution in [1.82, 2.24) is 0 Å². The summed E-state index contributed by atoms with van der Waals surface area (Å²) in [6.45, 7) is 1.71. The third-order valence-corrected chi connectivity index (χ3v) is 3.70. The Morgan fingerprint density at radius 3 is 2.62 bits per heavy atom. The summed E-state index contributed by atoms with van der Waals surface area (Å²) in [7, 11) is 1.31. The Bertz CT molecular complexity index is 780. The van der Waals surface area contributed by atoms with E-state index < -0.39 is 11.8 Å². The highest BCUT2D eigenvalue weighted by atomic mass is 35.5. The highest BCUT2D eigenvalue weighted by molar-refractivity contribution is 6.33. The molecule has 0 unspecified atom stereocenters. The Kier molecular flexibility index (Phi) is 5.76. The molecule has 0 aliphatic rings. The number of benzene rings is 2. The maximum atomic E-state index is 13.0. The van der Waals surface area contributed by atoms with Gasteiger partial charge in [0.2, 0.25) is 5.91 Å². The van der Waals surface area contributed by atoms with Crippen LogP contribution < -0.4 is 10.6 Å². The molecule has 2 rings (SSSR count). The Morgan fingerprint density at radius 2 is 1.96 bits per heavy atom. The average Bonchev–Trinajstić information content (AvgIpc) is 2.56. The molecule has 7 heteroatoms. The van der Waals surface area contributed by atoms with Gasteiger partial charge in [-0.25, -0.2) is 9.18 Å². The molecule has 0 radical (unpaired) electrons. The van der Waals surface area contributed by atoms with Gasteiger partial charge in [0.1, 0.15) is 5.82 Å². The molecule has 2 N–H and O–H groups in total. The third kappa shape index (κ3) is 4.23.